The van der Waals surface area contributed by atoms with Gasteiger partial charge < -0.3 is 23.7 Å². The maximum absolute atomic E-state index is 13.4. The first-order chi connectivity index (χ1) is 19.3. The molecule has 1 aliphatic rings. The molecule has 0 saturated carbocycles. The van der Waals surface area contributed by atoms with Crippen molar-refractivity contribution in [3.63, 3.8) is 0 Å². The maximum Gasteiger partial charge on any atom is 0.311 e. The number of aliphatic imine (C=N–C) groups is 1. The number of hydrogen-bond acceptors (Lipinski definition) is 10. The van der Waals surface area contributed by atoms with Gasteiger partial charge >= 0.3 is 17.9 Å². The van der Waals surface area contributed by atoms with Crippen LogP contribution in [-0.2, 0) is 44.1 Å². The summed E-state index contributed by atoms with van der Waals surface area (Å²) in [6.45, 7) is 16.7. The van der Waals surface area contributed by atoms with Crippen molar-refractivity contribution in [2.45, 2.75) is 99.0 Å². The molecule has 0 bridgehead atoms. The summed E-state index contributed by atoms with van der Waals surface area (Å²) in [5, 5.41) is 0. The topological polar surface area (TPSA) is 127 Å². The van der Waals surface area contributed by atoms with E-state index in [-0.39, 0.29) is 12.4 Å². The maximum atomic E-state index is 13.4. The fourth-order valence-electron chi connectivity index (χ4n) is 3.68. The molecule has 1 heterocycles. The number of benzene rings is 1. The molecular formula is C31H47NO9S. The highest BCUT2D eigenvalue weighted by molar-refractivity contribution is 7.85. The van der Waals surface area contributed by atoms with E-state index in [1.807, 2.05) is 0 Å². The minimum absolute atomic E-state index is 0.222. The second-order valence-electron chi connectivity index (χ2n) is 13.3. The molecule has 0 unspecified atom stereocenters. The van der Waals surface area contributed by atoms with Crippen molar-refractivity contribution >= 4 is 34.9 Å². The van der Waals surface area contributed by atoms with Crippen LogP contribution < -0.4 is 4.74 Å². The minimum Gasteiger partial charge on any atom is -0.497 e. The van der Waals surface area contributed by atoms with E-state index < -0.39 is 74.7 Å². The van der Waals surface area contributed by atoms with Crippen LogP contribution in [0.3, 0.4) is 0 Å². The second kappa shape index (κ2) is 14.1. The summed E-state index contributed by atoms with van der Waals surface area (Å²) in [7, 11) is -0.0232. The first-order valence-corrected chi connectivity index (χ1v) is 15.5. The highest BCUT2D eigenvalue weighted by Crippen LogP contribution is 2.34. The van der Waals surface area contributed by atoms with Crippen LogP contribution in [0.25, 0.3) is 0 Å². The number of nitrogens with zero attached hydrogens (tertiary/aromatic N) is 1. The molecule has 0 radical (unpaired) electrons. The highest BCUT2D eigenvalue weighted by Gasteiger charge is 2.53. The third-order valence-electron chi connectivity index (χ3n) is 6.37. The van der Waals surface area contributed by atoms with Crippen LogP contribution in [0.5, 0.6) is 5.75 Å². The molecule has 0 spiro atoms. The number of carbonyl (C=O) groups excluding carboxylic acids is 3. The largest absolute Gasteiger partial charge is 0.497 e. The van der Waals surface area contributed by atoms with Crippen molar-refractivity contribution in [1.82, 2.24) is 0 Å². The molecule has 0 aliphatic carbocycles. The Labute approximate surface area is 252 Å². The third kappa shape index (κ3) is 9.62. The number of hydrogen-bond donors (Lipinski definition) is 0. The molecule has 0 aromatic heterocycles. The second-order valence-corrected chi connectivity index (χ2v) is 15.1. The molecule has 0 N–H and O–H groups in total. The van der Waals surface area contributed by atoms with Gasteiger partial charge in [0.15, 0.2) is 17.6 Å². The predicted molar refractivity (Wildman–Crippen MR) is 161 cm³/mol. The first-order valence-electron chi connectivity index (χ1n) is 14.1. The Balaban J connectivity index is 2.66. The molecule has 10 nitrogen and oxygen atoms in total. The summed E-state index contributed by atoms with van der Waals surface area (Å²) >= 11 is 0. The number of rotatable bonds is 9. The van der Waals surface area contributed by atoms with Gasteiger partial charge in [0.05, 0.1) is 34.2 Å². The van der Waals surface area contributed by atoms with Crippen LogP contribution in [0.1, 0.15) is 74.8 Å². The predicted octanol–water partition coefficient (Wildman–Crippen LogP) is 4.48. The Morgan fingerprint density at radius 2 is 1.36 bits per heavy atom. The fraction of sp³-hybridized carbons (Fsp3) is 0.677. The summed E-state index contributed by atoms with van der Waals surface area (Å²) in [4.78, 5) is 43.8. The van der Waals surface area contributed by atoms with Crippen LogP contribution in [0.2, 0.25) is 0 Å². The Bertz CT molecular complexity index is 1140. The number of esters is 3. The zero-order valence-corrected chi connectivity index (χ0v) is 27.5. The van der Waals surface area contributed by atoms with Crippen molar-refractivity contribution in [3.05, 3.63) is 29.8 Å². The molecule has 42 heavy (non-hydrogen) atoms. The summed E-state index contributed by atoms with van der Waals surface area (Å²) in [6, 6.07) is 6.11. The third-order valence-corrected chi connectivity index (χ3v) is 7.85. The van der Waals surface area contributed by atoms with Crippen LogP contribution in [0, 0.1) is 16.2 Å². The van der Waals surface area contributed by atoms with Crippen molar-refractivity contribution in [3.8, 4) is 5.75 Å². The Kier molecular flexibility index (Phi) is 11.9. The molecule has 1 aromatic rings. The molecule has 0 amide bonds. The quantitative estimate of drug-likeness (QED) is 0.226. The SMILES string of the molecule is CC[S@@](=O)[C@@H]1O[C@H](COC(=O)C(C)(C)C)[C@@H](OC(=O)C(C)(C)C)[C@H](OC(=O)C(C)(C)C)[C@H]1N=Cc1ccc(OC)cc1. The standard InChI is InChI=1S/C31H47NO9S/c1-12-42(36)25-22(32-17-19-13-15-20(37-11)16-14-19)24(41-28(35)31(8,9)10)23(40-27(34)30(5,6)7)21(39-25)18-38-26(33)29(2,3)4/h13-17,21-25H,12,18H2,1-11H3/t21-,22-,23-,24-,25+,42-/m1/s1. The van der Waals surface area contributed by atoms with Gasteiger partial charge in [0, 0.05) is 12.0 Å². The van der Waals surface area contributed by atoms with E-state index in [9.17, 15) is 18.6 Å². The fourth-order valence-corrected chi connectivity index (χ4v) is 4.81. The van der Waals surface area contributed by atoms with Crippen molar-refractivity contribution in [1.29, 1.82) is 0 Å². The van der Waals surface area contributed by atoms with Gasteiger partial charge in [-0.25, -0.2) is 0 Å². The molecule has 11 heteroatoms. The molecule has 1 aromatic carbocycles. The molecule has 2 rings (SSSR count). The summed E-state index contributed by atoms with van der Waals surface area (Å²) in [6.07, 6.45) is -1.91. The summed E-state index contributed by atoms with van der Waals surface area (Å²) < 4.78 is 42.5. The van der Waals surface area contributed by atoms with Gasteiger partial charge in [-0.3, -0.25) is 23.6 Å². The van der Waals surface area contributed by atoms with Gasteiger partial charge in [-0.15, -0.1) is 0 Å². The zero-order chi connectivity index (χ0) is 32.0. The lowest BCUT2D eigenvalue weighted by Gasteiger charge is -2.44. The van der Waals surface area contributed by atoms with Crippen LogP contribution in [-0.4, -0.2) is 77.6 Å². The molecule has 1 aliphatic heterocycles. The van der Waals surface area contributed by atoms with E-state index in [0.29, 0.717) is 11.3 Å². The molecule has 6 atom stereocenters. The van der Waals surface area contributed by atoms with Crippen molar-refractivity contribution in [2.24, 2.45) is 21.2 Å². The van der Waals surface area contributed by atoms with Crippen LogP contribution in [0.4, 0.5) is 0 Å². The summed E-state index contributed by atoms with van der Waals surface area (Å²) in [5.74, 6) is -0.754. The van der Waals surface area contributed by atoms with Gasteiger partial charge in [0.1, 0.15) is 24.5 Å². The zero-order valence-electron chi connectivity index (χ0n) is 26.7. The Morgan fingerprint density at radius 3 is 1.81 bits per heavy atom. The normalized spacial score (nSPS) is 24.1. The van der Waals surface area contributed by atoms with E-state index in [1.165, 1.54) is 0 Å². The van der Waals surface area contributed by atoms with Gasteiger partial charge in [-0.1, -0.05) is 6.92 Å². The van der Waals surface area contributed by atoms with Gasteiger partial charge in [0.25, 0.3) is 0 Å². The monoisotopic (exact) mass is 609 g/mol. The first kappa shape index (κ1) is 35.4. The van der Waals surface area contributed by atoms with E-state index in [0.717, 1.165) is 0 Å². The average Bonchev–Trinajstić information content (AvgIpc) is 2.89. The molecule has 1 saturated heterocycles. The Morgan fingerprint density at radius 1 is 0.857 bits per heavy atom. The molecular weight excluding hydrogens is 562 g/mol. The minimum atomic E-state index is -1.59. The number of ether oxygens (including phenoxy) is 5. The molecule has 1 fully saturated rings. The number of carbonyl (C=O) groups is 3. The van der Waals surface area contributed by atoms with E-state index in [2.05, 4.69) is 0 Å². The van der Waals surface area contributed by atoms with Crippen molar-refractivity contribution < 1.29 is 42.3 Å². The van der Waals surface area contributed by atoms with E-state index in [1.54, 1.807) is 107 Å². The van der Waals surface area contributed by atoms with Crippen molar-refractivity contribution in [2.75, 3.05) is 19.5 Å². The smallest absolute Gasteiger partial charge is 0.311 e. The molecule has 236 valence electrons. The van der Waals surface area contributed by atoms with Gasteiger partial charge in [-0.2, -0.15) is 0 Å². The van der Waals surface area contributed by atoms with E-state index >= 15 is 0 Å². The summed E-state index contributed by atoms with van der Waals surface area (Å²) in [5.41, 5.74) is -2.96. The Hall–Kier alpha value is -2.79. The van der Waals surface area contributed by atoms with Crippen LogP contribution >= 0.6 is 0 Å². The average molecular weight is 610 g/mol. The van der Waals surface area contributed by atoms with Gasteiger partial charge in [0.2, 0.25) is 0 Å². The van der Waals surface area contributed by atoms with Crippen LogP contribution in [0.15, 0.2) is 29.3 Å². The number of methoxy groups -OCH3 is 1. The highest BCUT2D eigenvalue weighted by atomic mass is 32.2. The lowest BCUT2D eigenvalue weighted by molar-refractivity contribution is -0.218. The van der Waals surface area contributed by atoms with Gasteiger partial charge in [-0.05, 0) is 92.1 Å². The lowest BCUT2D eigenvalue weighted by atomic mass is 9.93. The van der Waals surface area contributed by atoms with E-state index in [4.69, 9.17) is 28.7 Å². The lowest BCUT2D eigenvalue weighted by Crippen LogP contribution is -2.62.